The first-order valence-corrected chi connectivity index (χ1v) is 6.42. The fraction of sp³-hybridized carbons (Fsp3) is 0.143. The molecule has 0 unspecified atom stereocenters. The quantitative estimate of drug-likeness (QED) is 0.424. The number of hydrogen-bond donors (Lipinski definition) is 2. The number of H-pyrrole nitrogens is 1. The first-order valence-electron chi connectivity index (χ1n) is 6.42. The van der Waals surface area contributed by atoms with Crippen LogP contribution < -0.4 is 67.7 Å². The van der Waals surface area contributed by atoms with E-state index >= 15 is 0 Å². The number of aromatic hydroxyl groups is 1. The second kappa shape index (κ2) is 8.40. The van der Waals surface area contributed by atoms with E-state index in [2.05, 4.69) is 9.97 Å². The van der Waals surface area contributed by atoms with Gasteiger partial charge < -0.3 is 19.6 Å². The van der Waals surface area contributed by atoms with Gasteiger partial charge in [0, 0.05) is 19.7 Å². The Morgan fingerprint density at radius 3 is 2.42 bits per heavy atom. The topological polar surface area (TPSA) is 133 Å². The minimum Gasteiger partial charge on any atom is -0.545 e. The molecule has 10 heteroatoms. The monoisotopic (exact) mass is 356 g/mol. The first kappa shape index (κ1) is 20.3. The molecular formula is C14H13KN4O5. The van der Waals surface area contributed by atoms with Crippen molar-refractivity contribution in [2.24, 2.45) is 14.1 Å². The minimum absolute atomic E-state index is 0. The Hall–Kier alpha value is -1.72. The number of imidazole rings is 1. The zero-order valence-electron chi connectivity index (χ0n) is 13.3. The average Bonchev–Trinajstić information content (AvgIpc) is 2.88. The Kier molecular flexibility index (Phi) is 7.11. The van der Waals surface area contributed by atoms with Crippen LogP contribution in [0.5, 0.6) is 5.75 Å². The van der Waals surface area contributed by atoms with Crippen LogP contribution in [0.2, 0.25) is 0 Å². The predicted octanol–water partition coefficient (Wildman–Crippen LogP) is -4.28. The van der Waals surface area contributed by atoms with E-state index in [0.29, 0.717) is 11.2 Å². The normalized spacial score (nSPS) is 9.75. The Labute approximate surface area is 178 Å². The number of phenols is 1. The molecule has 0 fully saturated rings. The molecule has 0 amide bonds. The first-order chi connectivity index (χ1) is 10.8. The zero-order chi connectivity index (χ0) is 17.1. The van der Waals surface area contributed by atoms with Crippen LogP contribution in [-0.4, -0.2) is 30.2 Å². The molecule has 1 aromatic carbocycles. The van der Waals surface area contributed by atoms with Crippen molar-refractivity contribution in [1.82, 2.24) is 19.1 Å². The molecule has 3 rings (SSSR count). The van der Waals surface area contributed by atoms with E-state index < -0.39 is 17.2 Å². The number of aromatic nitrogens is 4. The van der Waals surface area contributed by atoms with E-state index in [4.69, 9.17) is 5.11 Å². The van der Waals surface area contributed by atoms with Gasteiger partial charge in [-0.1, -0.05) is 12.1 Å². The molecule has 2 N–H and O–H groups in total. The number of carboxylic acid groups (broad SMARTS) is 1. The van der Waals surface area contributed by atoms with Crippen LogP contribution in [0.15, 0.2) is 40.2 Å². The number of carbonyl (C=O) groups excluding carboxylic acids is 1. The van der Waals surface area contributed by atoms with E-state index in [1.54, 1.807) is 24.7 Å². The summed E-state index contributed by atoms with van der Waals surface area (Å²) in [5.41, 5.74) is -0.227. The molecule has 24 heavy (non-hydrogen) atoms. The van der Waals surface area contributed by atoms with Gasteiger partial charge in [0.05, 0.1) is 12.3 Å². The molecule has 0 saturated heterocycles. The molecule has 0 aliphatic carbocycles. The third-order valence-corrected chi connectivity index (χ3v) is 3.10. The van der Waals surface area contributed by atoms with Gasteiger partial charge in [-0.2, -0.15) is 0 Å². The molecule has 0 aliphatic rings. The minimum atomic E-state index is -1.36. The number of aryl methyl sites for hydroxylation is 2. The number of aromatic carboxylic acids is 1. The number of hydrogen-bond acceptors (Lipinski definition) is 6. The van der Waals surface area contributed by atoms with Crippen molar-refractivity contribution < 1.29 is 66.4 Å². The summed E-state index contributed by atoms with van der Waals surface area (Å²) in [6.07, 6.45) is 1.50. The number of carboxylic acids is 1. The maximum Gasteiger partial charge on any atom is 1.00 e. The summed E-state index contributed by atoms with van der Waals surface area (Å²) in [6.45, 7) is 0. The third kappa shape index (κ3) is 4.22. The molecule has 0 saturated carbocycles. The fourth-order valence-corrected chi connectivity index (χ4v) is 1.91. The van der Waals surface area contributed by atoms with Crippen LogP contribution >= 0.6 is 0 Å². The zero-order valence-corrected chi connectivity index (χ0v) is 16.4. The van der Waals surface area contributed by atoms with Crippen molar-refractivity contribution >= 4 is 17.1 Å². The van der Waals surface area contributed by atoms with Crippen LogP contribution in [0.3, 0.4) is 0 Å². The van der Waals surface area contributed by atoms with Crippen molar-refractivity contribution in [2.45, 2.75) is 0 Å². The second-order valence-corrected chi connectivity index (χ2v) is 4.65. The Balaban J connectivity index is 0.000000238. The second-order valence-electron chi connectivity index (χ2n) is 4.65. The molecule has 0 radical (unpaired) electrons. The van der Waals surface area contributed by atoms with Gasteiger partial charge in [-0.15, -0.1) is 0 Å². The van der Waals surface area contributed by atoms with E-state index in [-0.39, 0.29) is 62.7 Å². The number of aromatic amines is 1. The smallest absolute Gasteiger partial charge is 0.545 e. The summed E-state index contributed by atoms with van der Waals surface area (Å²) in [7, 11) is 3.27. The van der Waals surface area contributed by atoms with E-state index in [1.165, 1.54) is 29.1 Å². The SMILES string of the molecule is Cn1cnc2c1c(=O)[nH]c(=O)n2C.O=C([O-])c1ccccc1O.[K+]. The van der Waals surface area contributed by atoms with Gasteiger partial charge in [-0.25, -0.2) is 9.78 Å². The average molecular weight is 356 g/mol. The number of nitrogens with one attached hydrogen (secondary N) is 1. The van der Waals surface area contributed by atoms with E-state index in [9.17, 15) is 19.5 Å². The number of benzene rings is 1. The van der Waals surface area contributed by atoms with Gasteiger partial charge in [-0.05, 0) is 12.1 Å². The van der Waals surface area contributed by atoms with Crippen molar-refractivity contribution in [2.75, 3.05) is 0 Å². The van der Waals surface area contributed by atoms with Gasteiger partial charge in [0.2, 0.25) is 0 Å². The molecule has 120 valence electrons. The summed E-state index contributed by atoms with van der Waals surface area (Å²) < 4.78 is 2.88. The van der Waals surface area contributed by atoms with Crippen molar-refractivity contribution in [1.29, 1.82) is 0 Å². The van der Waals surface area contributed by atoms with Crippen LogP contribution in [0.1, 0.15) is 10.4 Å². The van der Waals surface area contributed by atoms with Crippen molar-refractivity contribution in [3.05, 3.63) is 57.0 Å². The number of para-hydroxylation sites is 1. The number of rotatable bonds is 1. The Morgan fingerprint density at radius 1 is 1.25 bits per heavy atom. The summed E-state index contributed by atoms with van der Waals surface area (Å²) in [5.74, 6) is -1.62. The summed E-state index contributed by atoms with van der Waals surface area (Å²) in [4.78, 5) is 38.7. The molecule has 0 bridgehead atoms. The molecule has 0 atom stereocenters. The Morgan fingerprint density at radius 2 is 1.88 bits per heavy atom. The van der Waals surface area contributed by atoms with Crippen LogP contribution in [0.4, 0.5) is 0 Å². The Bertz CT molecular complexity index is 989. The standard InChI is InChI=1S/C7H8N4O2.C7H6O3.K/c1-10-3-8-5-4(10)6(12)9-7(13)11(5)2;8-6-4-2-1-3-5(6)7(9)10;/h3H,1-2H3,(H,9,12,13);1-4,8H,(H,9,10);/q;;+1/p-1. The van der Waals surface area contributed by atoms with Crippen molar-refractivity contribution in [3.8, 4) is 5.75 Å². The van der Waals surface area contributed by atoms with Gasteiger partial charge in [-0.3, -0.25) is 14.3 Å². The largest absolute Gasteiger partial charge is 1.00 e. The number of carbonyl (C=O) groups is 1. The maximum absolute atomic E-state index is 11.3. The molecule has 0 spiro atoms. The maximum atomic E-state index is 11.3. The van der Waals surface area contributed by atoms with Crippen LogP contribution in [0.25, 0.3) is 11.2 Å². The van der Waals surface area contributed by atoms with Gasteiger partial charge in [0.15, 0.2) is 11.2 Å². The number of nitrogens with zero attached hydrogens (tertiary/aromatic N) is 3. The summed E-state index contributed by atoms with van der Waals surface area (Å²) in [6, 6.07) is 5.64. The third-order valence-electron chi connectivity index (χ3n) is 3.10. The van der Waals surface area contributed by atoms with Gasteiger partial charge >= 0.3 is 57.1 Å². The fourth-order valence-electron chi connectivity index (χ4n) is 1.91. The van der Waals surface area contributed by atoms with Crippen LogP contribution in [0, 0.1) is 0 Å². The number of fused-ring (bicyclic) bond motifs is 1. The molecule has 2 heterocycles. The van der Waals surface area contributed by atoms with E-state index in [1.807, 2.05) is 0 Å². The summed E-state index contributed by atoms with van der Waals surface area (Å²) in [5, 5.41) is 19.0. The van der Waals surface area contributed by atoms with E-state index in [0.717, 1.165) is 0 Å². The van der Waals surface area contributed by atoms with Gasteiger partial charge in [0.25, 0.3) is 5.56 Å². The van der Waals surface area contributed by atoms with Gasteiger partial charge in [0.1, 0.15) is 5.75 Å². The molecule has 2 aromatic heterocycles. The van der Waals surface area contributed by atoms with Crippen molar-refractivity contribution in [3.63, 3.8) is 0 Å². The molecule has 9 nitrogen and oxygen atoms in total. The van der Waals surface area contributed by atoms with Crippen LogP contribution in [-0.2, 0) is 14.1 Å². The molecule has 0 aliphatic heterocycles. The molecule has 3 aromatic rings. The molecular weight excluding hydrogens is 343 g/mol. The predicted molar refractivity (Wildman–Crippen MR) is 79.0 cm³/mol. The summed E-state index contributed by atoms with van der Waals surface area (Å²) >= 11 is 0.